The Labute approximate surface area is 173 Å². The molecule has 0 saturated heterocycles. The lowest BCUT2D eigenvalue weighted by molar-refractivity contribution is -0.126. The highest BCUT2D eigenvalue weighted by Gasteiger charge is 2.30. The van der Waals surface area contributed by atoms with E-state index >= 15 is 0 Å². The van der Waals surface area contributed by atoms with Crippen molar-refractivity contribution in [2.24, 2.45) is 7.05 Å². The van der Waals surface area contributed by atoms with Crippen LogP contribution < -0.4 is 16.0 Å². The zero-order chi connectivity index (χ0) is 21.1. The lowest BCUT2D eigenvalue weighted by Gasteiger charge is -2.21. The van der Waals surface area contributed by atoms with Gasteiger partial charge in [-0.2, -0.15) is 0 Å². The molecule has 8 heteroatoms. The van der Waals surface area contributed by atoms with Crippen molar-refractivity contribution < 1.29 is 14.4 Å². The van der Waals surface area contributed by atoms with Crippen LogP contribution in [0.25, 0.3) is 0 Å². The number of anilines is 1. The molecule has 3 N–H and O–H groups in total. The molecule has 1 unspecified atom stereocenters. The highest BCUT2D eigenvalue weighted by atomic mass is 16.2. The monoisotopic (exact) mass is 403 g/mol. The number of amides is 3. The smallest absolute Gasteiger partial charge is 0.254 e. The molecule has 4 rings (SSSR count). The van der Waals surface area contributed by atoms with Gasteiger partial charge in [0.15, 0.2) is 0 Å². The number of carbonyl (C=O) groups is 3. The van der Waals surface area contributed by atoms with E-state index in [1.54, 1.807) is 36.7 Å². The maximum Gasteiger partial charge on any atom is 0.254 e. The third-order valence-corrected chi connectivity index (χ3v) is 5.00. The zero-order valence-electron chi connectivity index (χ0n) is 16.3. The van der Waals surface area contributed by atoms with Gasteiger partial charge in [-0.05, 0) is 17.7 Å². The van der Waals surface area contributed by atoms with Gasteiger partial charge in [-0.3, -0.25) is 14.4 Å². The second-order valence-electron chi connectivity index (χ2n) is 7.07. The fourth-order valence-corrected chi connectivity index (χ4v) is 3.46. The normalized spacial score (nSPS) is 16.6. The van der Waals surface area contributed by atoms with Crippen molar-refractivity contribution in [2.45, 2.75) is 18.5 Å². The number of hydrogen-bond acceptors (Lipinski definition) is 4. The number of carbonyl (C=O) groups excluding carboxylic acids is 3. The van der Waals surface area contributed by atoms with Crippen LogP contribution in [-0.2, 0) is 16.6 Å². The Balaban J connectivity index is 1.52. The molecule has 2 atom stereocenters. The molecule has 8 nitrogen and oxygen atoms in total. The molecule has 0 saturated carbocycles. The van der Waals surface area contributed by atoms with Gasteiger partial charge in [0.25, 0.3) is 5.91 Å². The highest BCUT2D eigenvalue weighted by molar-refractivity contribution is 6.10. The quantitative estimate of drug-likeness (QED) is 0.604. The van der Waals surface area contributed by atoms with Crippen LogP contribution in [-0.4, -0.2) is 33.3 Å². The molecule has 2 heterocycles. The summed E-state index contributed by atoms with van der Waals surface area (Å²) in [6, 6.07) is 14.7. The van der Waals surface area contributed by atoms with E-state index in [1.165, 1.54) is 0 Å². The molecule has 0 radical (unpaired) electrons. The predicted octanol–water partition coefficient (Wildman–Crippen LogP) is 1.77. The first-order chi connectivity index (χ1) is 14.5. The minimum Gasteiger partial charge on any atom is -0.342 e. The van der Waals surface area contributed by atoms with Gasteiger partial charge in [-0.25, -0.2) is 4.98 Å². The number of para-hydroxylation sites is 1. The number of rotatable bonds is 5. The van der Waals surface area contributed by atoms with E-state index in [0.717, 1.165) is 5.56 Å². The van der Waals surface area contributed by atoms with E-state index in [9.17, 15) is 14.4 Å². The van der Waals surface area contributed by atoms with Gasteiger partial charge < -0.3 is 20.5 Å². The van der Waals surface area contributed by atoms with Crippen LogP contribution in [0.5, 0.6) is 0 Å². The van der Waals surface area contributed by atoms with Crippen molar-refractivity contribution in [1.29, 1.82) is 0 Å². The molecular weight excluding hydrogens is 382 g/mol. The molecule has 0 spiro atoms. The Hall–Kier alpha value is -3.94. The standard InChI is InChI=1S/C22H21N5O3/c1-27-12-11-23-20(27)19(14-7-3-2-4-8-14)26-18(28)13-17-22(30)24-16-10-6-5-9-15(16)21(29)25-17/h2-12,17,19H,13H2,1H3,(H,24,30)(H,25,29)(H,26,28)/t17-,19?/m0/s1. The first-order valence-electron chi connectivity index (χ1n) is 9.55. The van der Waals surface area contributed by atoms with Gasteiger partial charge in [0.1, 0.15) is 17.9 Å². The summed E-state index contributed by atoms with van der Waals surface area (Å²) in [5, 5.41) is 8.30. The van der Waals surface area contributed by atoms with Crippen molar-refractivity contribution >= 4 is 23.4 Å². The topological polar surface area (TPSA) is 105 Å². The van der Waals surface area contributed by atoms with Gasteiger partial charge in [-0.1, -0.05) is 42.5 Å². The first kappa shape index (κ1) is 19.4. The van der Waals surface area contributed by atoms with Crippen molar-refractivity contribution in [3.05, 3.63) is 83.9 Å². The second kappa shape index (κ2) is 8.20. The number of hydrogen-bond donors (Lipinski definition) is 3. The maximum absolute atomic E-state index is 12.9. The van der Waals surface area contributed by atoms with E-state index in [2.05, 4.69) is 20.9 Å². The molecule has 3 amide bonds. The van der Waals surface area contributed by atoms with Crippen molar-refractivity contribution in [3.8, 4) is 0 Å². The number of nitrogens with zero attached hydrogens (tertiary/aromatic N) is 2. The van der Waals surface area contributed by atoms with E-state index in [-0.39, 0.29) is 12.3 Å². The third-order valence-electron chi connectivity index (χ3n) is 5.00. The lowest BCUT2D eigenvalue weighted by Crippen LogP contribution is -2.45. The fourth-order valence-electron chi connectivity index (χ4n) is 3.46. The number of benzene rings is 2. The number of aryl methyl sites for hydroxylation is 1. The molecule has 0 bridgehead atoms. The molecule has 30 heavy (non-hydrogen) atoms. The molecule has 2 aromatic carbocycles. The largest absolute Gasteiger partial charge is 0.342 e. The van der Waals surface area contributed by atoms with Gasteiger partial charge in [0.2, 0.25) is 11.8 Å². The van der Waals surface area contributed by atoms with Crippen LogP contribution in [0.2, 0.25) is 0 Å². The maximum atomic E-state index is 12.9. The van der Waals surface area contributed by atoms with E-state index < -0.39 is 23.9 Å². The van der Waals surface area contributed by atoms with Crippen LogP contribution in [0.3, 0.4) is 0 Å². The molecule has 3 aromatic rings. The van der Waals surface area contributed by atoms with E-state index in [4.69, 9.17) is 0 Å². The number of nitrogens with one attached hydrogen (secondary N) is 3. The molecule has 1 aliphatic heterocycles. The van der Waals surface area contributed by atoms with Gasteiger partial charge >= 0.3 is 0 Å². The van der Waals surface area contributed by atoms with Gasteiger partial charge in [0, 0.05) is 19.4 Å². The predicted molar refractivity (Wildman–Crippen MR) is 111 cm³/mol. The number of imidazole rings is 1. The zero-order valence-corrected chi connectivity index (χ0v) is 16.3. The summed E-state index contributed by atoms with van der Waals surface area (Å²) in [6.07, 6.45) is 3.26. The number of aromatic nitrogens is 2. The number of fused-ring (bicyclic) bond motifs is 1. The van der Waals surface area contributed by atoms with Crippen LogP contribution in [0.15, 0.2) is 67.0 Å². The fraction of sp³-hybridized carbons (Fsp3) is 0.182. The average Bonchev–Trinajstić information content (AvgIpc) is 3.13. The Morgan fingerprint density at radius 3 is 2.60 bits per heavy atom. The van der Waals surface area contributed by atoms with Crippen LogP contribution in [0.1, 0.15) is 34.2 Å². The van der Waals surface area contributed by atoms with Crippen molar-refractivity contribution in [1.82, 2.24) is 20.2 Å². The average molecular weight is 403 g/mol. The summed E-state index contributed by atoms with van der Waals surface area (Å²) in [4.78, 5) is 42.3. The summed E-state index contributed by atoms with van der Waals surface area (Å²) in [5.74, 6) is -0.545. The molecule has 1 aliphatic rings. The Morgan fingerprint density at radius 1 is 1.13 bits per heavy atom. The molecule has 0 fully saturated rings. The summed E-state index contributed by atoms with van der Waals surface area (Å²) in [7, 11) is 1.85. The Bertz CT molecular complexity index is 1090. The summed E-state index contributed by atoms with van der Waals surface area (Å²) in [5.41, 5.74) is 1.66. The summed E-state index contributed by atoms with van der Waals surface area (Å²) in [6.45, 7) is 0. The Kier molecular flexibility index (Phi) is 5.30. The molecule has 152 valence electrons. The SMILES string of the molecule is Cn1ccnc1C(NC(=O)C[C@@H]1NC(=O)c2ccccc2NC1=O)c1ccccc1. The van der Waals surface area contributed by atoms with E-state index in [1.807, 2.05) is 41.9 Å². The Morgan fingerprint density at radius 2 is 1.87 bits per heavy atom. The van der Waals surface area contributed by atoms with E-state index in [0.29, 0.717) is 17.1 Å². The third kappa shape index (κ3) is 3.93. The molecule has 1 aromatic heterocycles. The van der Waals surface area contributed by atoms with Crippen LogP contribution in [0.4, 0.5) is 5.69 Å². The van der Waals surface area contributed by atoms with Crippen LogP contribution in [0, 0.1) is 0 Å². The van der Waals surface area contributed by atoms with Gasteiger partial charge in [0.05, 0.1) is 17.7 Å². The highest BCUT2D eigenvalue weighted by Crippen LogP contribution is 2.22. The molecular formula is C22H21N5O3. The summed E-state index contributed by atoms with van der Waals surface area (Å²) >= 11 is 0. The van der Waals surface area contributed by atoms with Crippen molar-refractivity contribution in [3.63, 3.8) is 0 Å². The van der Waals surface area contributed by atoms with Gasteiger partial charge in [-0.15, -0.1) is 0 Å². The minimum atomic E-state index is -0.984. The lowest BCUT2D eigenvalue weighted by atomic mass is 10.1. The van der Waals surface area contributed by atoms with Crippen LogP contribution >= 0.6 is 0 Å². The minimum absolute atomic E-state index is 0.195. The first-order valence-corrected chi connectivity index (χ1v) is 9.55. The summed E-state index contributed by atoms with van der Waals surface area (Å²) < 4.78 is 1.83. The molecule has 0 aliphatic carbocycles. The van der Waals surface area contributed by atoms with Crippen molar-refractivity contribution in [2.75, 3.05) is 5.32 Å². The second-order valence-corrected chi connectivity index (χ2v) is 7.07.